The highest BCUT2D eigenvalue weighted by molar-refractivity contribution is 5.88. The lowest BCUT2D eigenvalue weighted by atomic mass is 10.2. The lowest BCUT2D eigenvalue weighted by Gasteiger charge is -2.01. The smallest absolute Gasteiger partial charge is 0.149 e. The van der Waals surface area contributed by atoms with Crippen molar-refractivity contribution in [3.8, 4) is 0 Å². The van der Waals surface area contributed by atoms with Gasteiger partial charge in [-0.3, -0.25) is 0 Å². The summed E-state index contributed by atoms with van der Waals surface area (Å²) in [5.41, 5.74) is 5.28. The average Bonchev–Trinajstić information content (AvgIpc) is 2.12. The minimum absolute atomic E-state index is 0.0537. The molecule has 0 saturated heterocycles. The van der Waals surface area contributed by atoms with Crippen molar-refractivity contribution in [3.63, 3.8) is 0 Å². The summed E-state index contributed by atoms with van der Waals surface area (Å²) in [4.78, 5) is 7.17. The second-order valence-electron chi connectivity index (χ2n) is 2.51. The molecule has 13 heavy (non-hydrogen) atoms. The number of nitrogen functional groups attached to an aromatic ring is 1. The first kappa shape index (κ1) is 7.85. The fraction of sp³-hybridized carbons (Fsp3) is 0. The van der Waals surface area contributed by atoms with Gasteiger partial charge in [-0.2, -0.15) is 0 Å². The second-order valence-corrected chi connectivity index (χ2v) is 2.51. The topological polar surface area (TPSA) is 51.8 Å². The van der Waals surface area contributed by atoms with Crippen LogP contribution >= 0.6 is 0 Å². The summed E-state index contributed by atoms with van der Waals surface area (Å²) in [6.45, 7) is 0. The maximum atomic E-state index is 13.1. The number of nitrogens with two attached hydrogens (primary N) is 1. The van der Waals surface area contributed by atoms with Crippen LogP contribution < -0.4 is 5.73 Å². The normalized spacial score (nSPS) is 10.6. The molecule has 3 nitrogen and oxygen atoms in total. The lowest BCUT2D eigenvalue weighted by Crippen LogP contribution is -1.97. The number of hydrogen-bond acceptors (Lipinski definition) is 3. The largest absolute Gasteiger partial charge is 0.383 e. The molecule has 0 spiro atoms. The fourth-order valence-electron chi connectivity index (χ4n) is 1.12. The Hall–Kier alpha value is -1.78. The van der Waals surface area contributed by atoms with Gasteiger partial charge in [0.15, 0.2) is 0 Å². The van der Waals surface area contributed by atoms with E-state index >= 15 is 0 Å². The zero-order valence-corrected chi connectivity index (χ0v) is 6.46. The molecule has 0 fully saturated rings. The molecule has 0 aliphatic heterocycles. The third-order valence-electron chi connectivity index (χ3n) is 1.72. The molecule has 0 aliphatic rings. The summed E-state index contributed by atoms with van der Waals surface area (Å²) < 4.78 is 26.1. The van der Waals surface area contributed by atoms with Crippen molar-refractivity contribution < 1.29 is 8.78 Å². The highest BCUT2D eigenvalue weighted by atomic mass is 19.1. The number of nitrogens with zero attached hydrogens (tertiary/aromatic N) is 2. The maximum Gasteiger partial charge on any atom is 0.149 e. The SMILES string of the molecule is Nc1ncnc2c(F)ccc(F)c12. The molecule has 2 N–H and O–H groups in total. The van der Waals surface area contributed by atoms with Crippen LogP contribution in [0.25, 0.3) is 10.9 Å². The van der Waals surface area contributed by atoms with Gasteiger partial charge in [-0.05, 0) is 12.1 Å². The molecule has 0 bridgehead atoms. The van der Waals surface area contributed by atoms with Crippen LogP contribution in [0.15, 0.2) is 18.5 Å². The van der Waals surface area contributed by atoms with Gasteiger partial charge >= 0.3 is 0 Å². The molecule has 66 valence electrons. The highest BCUT2D eigenvalue weighted by Crippen LogP contribution is 2.22. The summed E-state index contributed by atoms with van der Waals surface area (Å²) in [7, 11) is 0. The predicted octanol–water partition coefficient (Wildman–Crippen LogP) is 1.49. The number of rotatable bonds is 0. The molecular weight excluding hydrogens is 176 g/mol. The summed E-state index contributed by atoms with van der Waals surface area (Å²) in [6.07, 6.45) is 1.10. The van der Waals surface area contributed by atoms with E-state index in [2.05, 4.69) is 9.97 Å². The van der Waals surface area contributed by atoms with Crippen LogP contribution in [-0.2, 0) is 0 Å². The van der Waals surface area contributed by atoms with Crippen molar-refractivity contribution in [2.24, 2.45) is 0 Å². The van der Waals surface area contributed by atoms with E-state index in [9.17, 15) is 8.78 Å². The molecule has 2 rings (SSSR count). The van der Waals surface area contributed by atoms with Gasteiger partial charge in [-0.15, -0.1) is 0 Å². The van der Waals surface area contributed by atoms with Crippen molar-refractivity contribution in [1.82, 2.24) is 9.97 Å². The maximum absolute atomic E-state index is 13.1. The summed E-state index contributed by atoms with van der Waals surface area (Å²) in [5.74, 6) is -1.28. The summed E-state index contributed by atoms with van der Waals surface area (Å²) in [5, 5.41) is -0.0671. The van der Waals surface area contributed by atoms with E-state index in [1.54, 1.807) is 0 Å². The average molecular weight is 181 g/mol. The Morgan fingerprint density at radius 2 is 1.77 bits per heavy atom. The van der Waals surface area contributed by atoms with Gasteiger partial charge in [0.2, 0.25) is 0 Å². The monoisotopic (exact) mass is 181 g/mol. The van der Waals surface area contributed by atoms with E-state index < -0.39 is 11.6 Å². The van der Waals surface area contributed by atoms with Crippen molar-refractivity contribution in [1.29, 1.82) is 0 Å². The number of aromatic nitrogens is 2. The van der Waals surface area contributed by atoms with Crippen molar-refractivity contribution >= 4 is 16.7 Å². The van der Waals surface area contributed by atoms with Crippen LogP contribution in [0.2, 0.25) is 0 Å². The standard InChI is InChI=1S/C8H5F2N3/c9-4-1-2-5(10)7-6(4)8(11)13-3-12-7/h1-3H,(H2,11,12,13). The summed E-state index contributed by atoms with van der Waals surface area (Å²) >= 11 is 0. The highest BCUT2D eigenvalue weighted by Gasteiger charge is 2.09. The summed E-state index contributed by atoms with van der Waals surface area (Å²) in [6, 6.07) is 2.00. The Balaban J connectivity index is 3.00. The van der Waals surface area contributed by atoms with Crippen molar-refractivity contribution in [2.75, 3.05) is 5.73 Å². The first-order valence-electron chi connectivity index (χ1n) is 3.54. The molecule has 0 atom stereocenters. The van der Waals surface area contributed by atoms with E-state index in [-0.39, 0.29) is 16.7 Å². The quantitative estimate of drug-likeness (QED) is 0.669. The molecule has 1 aromatic heterocycles. The van der Waals surface area contributed by atoms with E-state index in [1.807, 2.05) is 0 Å². The van der Waals surface area contributed by atoms with Crippen LogP contribution in [0.1, 0.15) is 0 Å². The van der Waals surface area contributed by atoms with Gasteiger partial charge in [0.1, 0.15) is 29.3 Å². The van der Waals surface area contributed by atoms with Gasteiger partial charge in [-0.25, -0.2) is 18.7 Å². The van der Waals surface area contributed by atoms with Crippen molar-refractivity contribution in [3.05, 3.63) is 30.1 Å². The molecule has 2 aromatic rings. The second kappa shape index (κ2) is 2.62. The minimum atomic E-state index is -0.616. The van der Waals surface area contributed by atoms with Gasteiger partial charge in [-0.1, -0.05) is 0 Å². The first-order valence-corrected chi connectivity index (χ1v) is 3.54. The number of fused-ring (bicyclic) bond motifs is 1. The van der Waals surface area contributed by atoms with Gasteiger partial charge in [0, 0.05) is 0 Å². The fourth-order valence-corrected chi connectivity index (χ4v) is 1.12. The number of halogens is 2. The number of hydrogen-bond donors (Lipinski definition) is 1. The van der Waals surface area contributed by atoms with Crippen molar-refractivity contribution in [2.45, 2.75) is 0 Å². The Morgan fingerprint density at radius 3 is 2.46 bits per heavy atom. The third-order valence-corrected chi connectivity index (χ3v) is 1.72. The van der Waals surface area contributed by atoms with Crippen LogP contribution in [0.4, 0.5) is 14.6 Å². The zero-order valence-electron chi connectivity index (χ0n) is 6.46. The molecule has 5 heteroatoms. The van der Waals surface area contributed by atoms with Gasteiger partial charge in [0.05, 0.1) is 5.39 Å². The zero-order chi connectivity index (χ0) is 9.42. The molecule has 0 aliphatic carbocycles. The van der Waals surface area contributed by atoms with E-state index in [4.69, 9.17) is 5.73 Å². The van der Waals surface area contributed by atoms with Crippen LogP contribution in [0.5, 0.6) is 0 Å². The molecule has 0 saturated carbocycles. The lowest BCUT2D eigenvalue weighted by molar-refractivity contribution is 0.615. The minimum Gasteiger partial charge on any atom is -0.383 e. The number of anilines is 1. The Morgan fingerprint density at radius 1 is 1.08 bits per heavy atom. The van der Waals surface area contributed by atoms with Gasteiger partial charge in [0.25, 0.3) is 0 Å². The molecule has 0 radical (unpaired) electrons. The van der Waals surface area contributed by atoms with E-state index in [0.717, 1.165) is 18.5 Å². The first-order chi connectivity index (χ1) is 6.20. The van der Waals surface area contributed by atoms with Crippen LogP contribution in [0.3, 0.4) is 0 Å². The van der Waals surface area contributed by atoms with Crippen LogP contribution in [-0.4, -0.2) is 9.97 Å². The molecule has 0 unspecified atom stereocenters. The van der Waals surface area contributed by atoms with Gasteiger partial charge < -0.3 is 5.73 Å². The van der Waals surface area contributed by atoms with E-state index in [1.165, 1.54) is 0 Å². The Kier molecular flexibility index (Phi) is 1.58. The van der Waals surface area contributed by atoms with E-state index in [0.29, 0.717) is 0 Å². The third kappa shape index (κ3) is 1.09. The molecule has 0 amide bonds. The molecular formula is C8H5F2N3. The number of benzene rings is 1. The molecule has 1 aromatic carbocycles. The van der Waals surface area contributed by atoms with Crippen LogP contribution in [0, 0.1) is 11.6 Å². The molecule has 1 heterocycles. The Bertz CT molecular complexity index is 462. The predicted molar refractivity (Wildman–Crippen MR) is 43.9 cm³/mol. The Labute approximate surface area is 72.2 Å².